The number of H-pyrrole nitrogens is 1. The fourth-order valence-corrected chi connectivity index (χ4v) is 8.98. The molecular formula is C54H73N13O12. The number of aromatic nitrogens is 1. The predicted molar refractivity (Wildman–Crippen MR) is 291 cm³/mol. The van der Waals surface area contributed by atoms with E-state index in [9.17, 15) is 58.5 Å². The summed E-state index contributed by atoms with van der Waals surface area (Å²) in [5.74, 6) is -8.70. The van der Waals surface area contributed by atoms with Gasteiger partial charge in [-0.1, -0.05) is 74.5 Å². The highest BCUT2D eigenvalue weighted by Gasteiger charge is 2.41. The third-order valence-electron chi connectivity index (χ3n) is 13.4. The number of carbonyl (C=O) groups excluding carboxylic acids is 8. The Morgan fingerprint density at radius 2 is 1.27 bits per heavy atom. The average molecular weight is 1100 g/mol. The van der Waals surface area contributed by atoms with Crippen LogP contribution in [0.5, 0.6) is 5.75 Å². The fourth-order valence-electron chi connectivity index (χ4n) is 8.98. The zero-order chi connectivity index (χ0) is 57.9. The molecule has 25 heteroatoms. The Balaban J connectivity index is 1.39. The number of fused-ring (bicyclic) bond motifs is 1. The highest BCUT2D eigenvalue weighted by Crippen LogP contribution is 2.23. The molecule has 0 aliphatic carbocycles. The summed E-state index contributed by atoms with van der Waals surface area (Å²) in [5, 5.41) is 47.1. The minimum Gasteiger partial charge on any atom is -0.508 e. The number of rotatable bonds is 29. The third-order valence-corrected chi connectivity index (χ3v) is 13.4. The molecule has 0 bridgehead atoms. The number of likely N-dealkylation sites (tertiary alicyclic amines) is 1. The largest absolute Gasteiger partial charge is 0.508 e. The SMILES string of the molecule is CC(C)[C@H](N)C(=O)N[C@@H](Cc1ccc(O)cc1)C(=O)N1CCC[C@H]1C(=O)N[C@@H](Cc1c[nH]c2ccccc12)C(=O)N[C@H](C(=O)N[C@@H](CCC(N)=O)C(=O)N[C@@H](CCCN=C(N)N)C(=O)N[C@@H](Cc1ccccc1)C(=O)O)[C@@H](C)O. The summed E-state index contributed by atoms with van der Waals surface area (Å²) in [6.45, 7) is 4.82. The Kier molecular flexibility index (Phi) is 22.7. The van der Waals surface area contributed by atoms with Gasteiger partial charge in [-0.15, -0.1) is 0 Å². The highest BCUT2D eigenvalue weighted by atomic mass is 16.4. The molecule has 0 unspecified atom stereocenters. The maximum Gasteiger partial charge on any atom is 0.326 e. The number of aliphatic hydroxyl groups is 1. The van der Waals surface area contributed by atoms with E-state index < -0.39 is 121 Å². The van der Waals surface area contributed by atoms with E-state index in [2.05, 4.69) is 41.9 Å². The Bertz CT molecular complexity index is 2800. The van der Waals surface area contributed by atoms with Gasteiger partial charge < -0.3 is 80.0 Å². The average Bonchev–Trinajstić information content (AvgIpc) is 4.11. The van der Waals surface area contributed by atoms with Crippen molar-refractivity contribution in [3.05, 3.63) is 102 Å². The van der Waals surface area contributed by atoms with Crippen molar-refractivity contribution in [2.75, 3.05) is 13.1 Å². The number of hydrogen-bond acceptors (Lipinski definition) is 13. The topological polar surface area (TPSA) is 422 Å². The van der Waals surface area contributed by atoms with Crippen LogP contribution >= 0.6 is 0 Å². The molecule has 79 heavy (non-hydrogen) atoms. The number of nitrogens with zero attached hydrogens (tertiary/aromatic N) is 2. The van der Waals surface area contributed by atoms with E-state index in [-0.39, 0.29) is 69.2 Å². The molecule has 8 amide bonds. The molecule has 3 aromatic carbocycles. The summed E-state index contributed by atoms with van der Waals surface area (Å²) in [7, 11) is 0. The molecule has 25 nitrogen and oxygen atoms in total. The monoisotopic (exact) mass is 1100 g/mol. The Hall–Kier alpha value is -8.58. The molecule has 1 fully saturated rings. The lowest BCUT2D eigenvalue weighted by Gasteiger charge is -2.31. The van der Waals surface area contributed by atoms with Crippen LogP contribution in [0, 0.1) is 5.92 Å². The number of aliphatic carboxylic acids is 1. The van der Waals surface area contributed by atoms with Crippen LogP contribution in [-0.4, -0.2) is 152 Å². The van der Waals surface area contributed by atoms with E-state index in [1.54, 1.807) is 86.8 Å². The van der Waals surface area contributed by atoms with Gasteiger partial charge in [0.05, 0.1) is 12.1 Å². The van der Waals surface area contributed by atoms with Crippen LogP contribution in [0.1, 0.15) is 76.0 Å². The lowest BCUT2D eigenvalue weighted by molar-refractivity contribution is -0.142. The van der Waals surface area contributed by atoms with Gasteiger partial charge in [-0.05, 0) is 79.8 Å². The van der Waals surface area contributed by atoms with Crippen LogP contribution in [0.4, 0.5) is 0 Å². The van der Waals surface area contributed by atoms with E-state index >= 15 is 0 Å². The molecule has 4 aromatic rings. The fraction of sp³-hybridized carbons (Fsp3) is 0.444. The van der Waals surface area contributed by atoms with Gasteiger partial charge in [0, 0.05) is 55.9 Å². The van der Waals surface area contributed by atoms with E-state index in [1.165, 1.54) is 24.0 Å². The second kappa shape index (κ2) is 29.2. The summed E-state index contributed by atoms with van der Waals surface area (Å²) in [4.78, 5) is 132. The van der Waals surface area contributed by atoms with Crippen LogP contribution in [0.3, 0.4) is 0 Å². The van der Waals surface area contributed by atoms with Crippen molar-refractivity contribution < 1.29 is 58.5 Å². The van der Waals surface area contributed by atoms with Crippen molar-refractivity contribution in [2.45, 2.75) is 133 Å². The van der Waals surface area contributed by atoms with Crippen molar-refractivity contribution in [3.8, 4) is 5.75 Å². The predicted octanol–water partition coefficient (Wildman–Crippen LogP) is -1.43. The van der Waals surface area contributed by atoms with E-state index in [4.69, 9.17) is 22.9 Å². The molecule has 5 rings (SSSR count). The molecule has 1 saturated heterocycles. The van der Waals surface area contributed by atoms with Gasteiger partial charge in [-0.25, -0.2) is 4.79 Å². The van der Waals surface area contributed by atoms with E-state index in [0.717, 1.165) is 0 Å². The molecule has 9 atom stereocenters. The van der Waals surface area contributed by atoms with E-state index in [0.29, 0.717) is 34.0 Å². The number of aromatic amines is 1. The maximum atomic E-state index is 14.6. The van der Waals surface area contributed by atoms with Crippen molar-refractivity contribution in [2.24, 2.45) is 33.8 Å². The molecule has 1 aliphatic rings. The van der Waals surface area contributed by atoms with Crippen molar-refractivity contribution >= 4 is 70.1 Å². The van der Waals surface area contributed by atoms with Gasteiger partial charge in [0.15, 0.2) is 5.96 Å². The summed E-state index contributed by atoms with van der Waals surface area (Å²) >= 11 is 0. The number of carboxylic acids is 1. The molecule has 0 saturated carbocycles. The molecule has 1 aromatic heterocycles. The number of amides is 8. The number of benzene rings is 3. The Morgan fingerprint density at radius 1 is 0.684 bits per heavy atom. The second-order valence-corrected chi connectivity index (χ2v) is 19.9. The molecule has 18 N–H and O–H groups in total. The standard InChI is InChI=1S/C54H73N13O12/c1-29(2)44(56)50(75)64-40(25-32-17-19-34(69)20-18-32)52(77)67-24-10-16-42(67)49(74)63-39(27-33-28-60-36-14-8-7-13-35(33)36)48(73)66-45(30(3)68)51(76)62-38(21-22-43(55)70)47(72)61-37(15-9-23-59-54(57)58)46(71)65-41(53(78)79)26-31-11-5-4-6-12-31/h4-8,11-14,17-20,28-30,37-42,44-45,60,68-69H,9-10,15-16,21-27,56H2,1-3H3,(H2,55,70)(H,61,72)(H,62,76)(H,63,74)(H,64,75)(H,65,71)(H,66,73)(H,78,79)(H4,57,58,59)/t30-,37+,38+,39+,40+,41+,42+,44+,45+/m1/s1. The number of nitrogens with two attached hydrogens (primary N) is 4. The number of aliphatic hydroxyl groups excluding tert-OH is 1. The zero-order valence-corrected chi connectivity index (χ0v) is 44.4. The van der Waals surface area contributed by atoms with Gasteiger partial charge in [0.1, 0.15) is 48.0 Å². The number of carbonyl (C=O) groups is 9. The molecule has 0 radical (unpaired) electrons. The normalized spacial score (nSPS) is 16.2. The van der Waals surface area contributed by atoms with Gasteiger partial charge >= 0.3 is 5.97 Å². The number of phenols is 1. The number of primary amides is 1. The minimum absolute atomic E-state index is 0.0114. The summed E-state index contributed by atoms with van der Waals surface area (Å²) in [5.41, 5.74) is 25.0. The van der Waals surface area contributed by atoms with Gasteiger partial charge in [-0.3, -0.25) is 43.3 Å². The van der Waals surface area contributed by atoms with Gasteiger partial charge in [0.2, 0.25) is 47.3 Å². The number of para-hydroxylation sites is 1. The number of nitrogens with one attached hydrogen (secondary N) is 7. The molecular weight excluding hydrogens is 1020 g/mol. The van der Waals surface area contributed by atoms with Crippen LogP contribution in [0.15, 0.2) is 90.1 Å². The first-order valence-corrected chi connectivity index (χ1v) is 26.0. The van der Waals surface area contributed by atoms with Crippen molar-refractivity contribution in [1.82, 2.24) is 41.8 Å². The first kappa shape index (κ1) is 61.3. The molecule has 0 spiro atoms. The number of guanidine groups is 1. The lowest BCUT2D eigenvalue weighted by Crippen LogP contribution is -2.62. The second-order valence-electron chi connectivity index (χ2n) is 19.9. The smallest absolute Gasteiger partial charge is 0.326 e. The Labute approximate surface area is 456 Å². The third kappa shape index (κ3) is 18.3. The highest BCUT2D eigenvalue weighted by molar-refractivity contribution is 5.98. The first-order valence-electron chi connectivity index (χ1n) is 26.0. The Morgan fingerprint density at radius 3 is 1.90 bits per heavy atom. The van der Waals surface area contributed by atoms with Crippen LogP contribution in [-0.2, 0) is 62.4 Å². The van der Waals surface area contributed by atoms with Gasteiger partial charge in [0.25, 0.3) is 0 Å². The minimum atomic E-state index is -1.82. The molecule has 426 valence electrons. The quantitative estimate of drug-likeness (QED) is 0.0168. The first-order chi connectivity index (χ1) is 37.5. The van der Waals surface area contributed by atoms with E-state index in [1.807, 2.05) is 0 Å². The van der Waals surface area contributed by atoms with Crippen molar-refractivity contribution in [1.29, 1.82) is 0 Å². The molecule has 2 heterocycles. The van der Waals surface area contributed by atoms with Crippen molar-refractivity contribution in [3.63, 3.8) is 0 Å². The lowest BCUT2D eigenvalue weighted by atomic mass is 10.0. The number of phenolic OH excluding ortho intramolecular Hbond substituents is 1. The molecule has 1 aliphatic heterocycles. The number of aliphatic imine (C=N–C) groups is 1. The maximum absolute atomic E-state index is 14.6. The number of hydrogen-bond donors (Lipinski definition) is 14. The summed E-state index contributed by atoms with van der Waals surface area (Å²) in [6.07, 6.45) is -0.673. The summed E-state index contributed by atoms with van der Waals surface area (Å²) < 4.78 is 0. The van der Waals surface area contributed by atoms with Crippen LogP contribution in [0.25, 0.3) is 10.9 Å². The van der Waals surface area contributed by atoms with Crippen LogP contribution < -0.4 is 54.8 Å². The van der Waals surface area contributed by atoms with Gasteiger partial charge in [-0.2, -0.15) is 0 Å². The number of carboxylic acid groups (broad SMARTS) is 1. The summed E-state index contributed by atoms with van der Waals surface area (Å²) in [6, 6.07) is 10.6. The van der Waals surface area contributed by atoms with Crippen LogP contribution in [0.2, 0.25) is 0 Å². The number of aromatic hydroxyl groups is 1. The zero-order valence-electron chi connectivity index (χ0n) is 44.4.